The normalized spacial score (nSPS) is 17.4. The van der Waals surface area contributed by atoms with E-state index in [1.165, 1.54) is 27.7 Å². The van der Waals surface area contributed by atoms with Crippen LogP contribution in [0.3, 0.4) is 0 Å². The Balaban J connectivity index is 1.34. The average molecular weight is 410 g/mol. The van der Waals surface area contributed by atoms with Gasteiger partial charge in [-0.25, -0.2) is 0 Å². The van der Waals surface area contributed by atoms with Gasteiger partial charge in [0.15, 0.2) is 0 Å². The van der Waals surface area contributed by atoms with Crippen LogP contribution in [0.1, 0.15) is 39.6 Å². The first-order valence-electron chi connectivity index (χ1n) is 10.2. The fourth-order valence-electron chi connectivity index (χ4n) is 4.03. The minimum absolute atomic E-state index is 0.149. The lowest BCUT2D eigenvalue weighted by Gasteiger charge is -2.30. The minimum atomic E-state index is -0.183. The van der Waals surface area contributed by atoms with Crippen LogP contribution < -0.4 is 10.2 Å². The smallest absolute Gasteiger partial charge is 0.261 e. The molecule has 0 unspecified atom stereocenters. The molecule has 4 rings (SSSR count). The molecule has 2 heterocycles. The molecule has 1 atom stereocenters. The molecule has 0 aliphatic carbocycles. The summed E-state index contributed by atoms with van der Waals surface area (Å²) in [7, 11) is 0. The molecule has 0 radical (unpaired) electrons. The van der Waals surface area contributed by atoms with Crippen LogP contribution in [0.5, 0.6) is 0 Å². The van der Waals surface area contributed by atoms with E-state index in [4.69, 9.17) is 0 Å². The first kappa shape index (κ1) is 19.8. The molecule has 5 nitrogen and oxygen atoms in total. The molecule has 152 valence electrons. The maximum Gasteiger partial charge on any atom is 0.261 e. The largest absolute Gasteiger partial charge is 0.383 e. The molecular weight excluding hydrogens is 382 g/mol. The second kappa shape index (κ2) is 8.49. The Labute approximate surface area is 176 Å². The summed E-state index contributed by atoms with van der Waals surface area (Å²) >= 11 is 2.02. The second-order valence-electron chi connectivity index (χ2n) is 7.74. The lowest BCUT2D eigenvalue weighted by molar-refractivity contribution is 0.0651. The van der Waals surface area contributed by atoms with Crippen molar-refractivity contribution in [1.82, 2.24) is 4.90 Å². The number of nitrogens with zero attached hydrogens (tertiary/aromatic N) is 2. The lowest BCUT2D eigenvalue weighted by Crippen LogP contribution is -2.33. The molecule has 1 saturated heterocycles. The van der Waals surface area contributed by atoms with E-state index in [9.17, 15) is 9.59 Å². The molecule has 2 aromatic rings. The number of carbonyl (C=O) groups excluding carboxylic acids is 2. The molecule has 0 aromatic heterocycles. The van der Waals surface area contributed by atoms with Crippen LogP contribution in [-0.2, 0) is 0 Å². The van der Waals surface area contributed by atoms with Crippen LogP contribution in [0.15, 0.2) is 42.5 Å². The van der Waals surface area contributed by atoms with Crippen LogP contribution in [0.25, 0.3) is 0 Å². The fraction of sp³-hybridized carbons (Fsp3) is 0.391. The summed E-state index contributed by atoms with van der Waals surface area (Å²) < 4.78 is 0. The van der Waals surface area contributed by atoms with Gasteiger partial charge < -0.3 is 10.2 Å². The van der Waals surface area contributed by atoms with Crippen LogP contribution in [0.4, 0.5) is 11.4 Å². The molecule has 0 bridgehead atoms. The van der Waals surface area contributed by atoms with Crippen LogP contribution in [-0.4, -0.2) is 53.9 Å². The Hall–Kier alpha value is -2.47. The highest BCUT2D eigenvalue weighted by Gasteiger charge is 2.34. The minimum Gasteiger partial charge on any atom is -0.383 e. The van der Waals surface area contributed by atoms with Gasteiger partial charge in [-0.05, 0) is 56.2 Å². The van der Waals surface area contributed by atoms with E-state index in [2.05, 4.69) is 42.3 Å². The highest BCUT2D eigenvalue weighted by Crippen LogP contribution is 2.27. The van der Waals surface area contributed by atoms with Crippen molar-refractivity contribution in [2.24, 2.45) is 0 Å². The van der Waals surface area contributed by atoms with Gasteiger partial charge in [0, 0.05) is 48.6 Å². The molecule has 2 amide bonds. The van der Waals surface area contributed by atoms with Gasteiger partial charge in [-0.15, -0.1) is 0 Å². The summed E-state index contributed by atoms with van der Waals surface area (Å²) in [4.78, 5) is 28.8. The zero-order chi connectivity index (χ0) is 20.4. The van der Waals surface area contributed by atoms with Gasteiger partial charge in [-0.1, -0.05) is 12.1 Å². The molecule has 2 aliphatic heterocycles. The Morgan fingerprint density at radius 3 is 2.31 bits per heavy atom. The van der Waals surface area contributed by atoms with Crippen molar-refractivity contribution in [2.45, 2.75) is 26.3 Å². The molecule has 0 spiro atoms. The molecule has 1 N–H and O–H groups in total. The number of fused-ring (bicyclic) bond motifs is 1. The van der Waals surface area contributed by atoms with Crippen molar-refractivity contribution in [3.8, 4) is 0 Å². The number of nitrogens with one attached hydrogen (secondary N) is 1. The SMILES string of the molecule is Cc1cc(N[C@H](C)CCN2C(=O)c3ccccc3C2=O)ccc1N1CCSCC1. The zero-order valence-corrected chi connectivity index (χ0v) is 17.8. The number of carbonyl (C=O) groups is 2. The van der Waals surface area contributed by atoms with E-state index >= 15 is 0 Å². The quantitative estimate of drug-likeness (QED) is 0.730. The fourth-order valence-corrected chi connectivity index (χ4v) is 4.93. The number of hydrogen-bond donors (Lipinski definition) is 1. The lowest BCUT2D eigenvalue weighted by atomic mass is 10.1. The highest BCUT2D eigenvalue weighted by molar-refractivity contribution is 7.99. The first-order valence-corrected chi connectivity index (χ1v) is 11.3. The second-order valence-corrected chi connectivity index (χ2v) is 8.97. The zero-order valence-electron chi connectivity index (χ0n) is 17.0. The van der Waals surface area contributed by atoms with Gasteiger partial charge in [0.1, 0.15) is 0 Å². The summed E-state index contributed by atoms with van der Waals surface area (Å²) in [5, 5.41) is 3.52. The topological polar surface area (TPSA) is 52.7 Å². The number of amides is 2. The summed E-state index contributed by atoms with van der Waals surface area (Å²) in [5.41, 5.74) is 4.69. The predicted octanol–water partition coefficient (Wildman–Crippen LogP) is 4.03. The third-order valence-corrected chi connectivity index (χ3v) is 6.57. The maximum absolute atomic E-state index is 12.5. The Bertz CT molecular complexity index is 889. The van der Waals surface area contributed by atoms with Gasteiger partial charge in [-0.3, -0.25) is 14.5 Å². The van der Waals surface area contributed by atoms with E-state index in [0.29, 0.717) is 24.1 Å². The van der Waals surface area contributed by atoms with Crippen molar-refractivity contribution < 1.29 is 9.59 Å². The molecular formula is C23H27N3O2S. The van der Waals surface area contributed by atoms with Gasteiger partial charge in [-0.2, -0.15) is 11.8 Å². The molecule has 2 aliphatic rings. The van der Waals surface area contributed by atoms with Gasteiger partial charge in [0.25, 0.3) is 11.8 Å². The summed E-state index contributed by atoms with van der Waals surface area (Å²) in [5.74, 6) is 2.01. The Kier molecular flexibility index (Phi) is 5.81. The number of hydrogen-bond acceptors (Lipinski definition) is 5. The van der Waals surface area contributed by atoms with Crippen molar-refractivity contribution in [3.05, 3.63) is 59.2 Å². The van der Waals surface area contributed by atoms with Crippen molar-refractivity contribution in [3.63, 3.8) is 0 Å². The van der Waals surface area contributed by atoms with Gasteiger partial charge in [0.05, 0.1) is 11.1 Å². The molecule has 6 heteroatoms. The standard InChI is InChI=1S/C23H27N3O2S/c1-16-15-18(7-8-21(16)25-11-13-29-14-12-25)24-17(2)9-10-26-22(27)19-5-3-4-6-20(19)23(26)28/h3-8,15,17,24H,9-14H2,1-2H3/t17-/m1/s1. The summed E-state index contributed by atoms with van der Waals surface area (Å²) in [6, 6.07) is 13.7. The van der Waals surface area contributed by atoms with E-state index in [1.54, 1.807) is 24.3 Å². The van der Waals surface area contributed by atoms with E-state index in [1.807, 2.05) is 11.8 Å². The van der Waals surface area contributed by atoms with E-state index < -0.39 is 0 Å². The predicted molar refractivity (Wildman–Crippen MR) is 120 cm³/mol. The van der Waals surface area contributed by atoms with Gasteiger partial charge in [0.2, 0.25) is 0 Å². The first-order chi connectivity index (χ1) is 14.0. The summed E-state index contributed by atoms with van der Waals surface area (Å²) in [6.07, 6.45) is 0.704. The van der Waals surface area contributed by atoms with Crippen molar-refractivity contribution in [2.75, 3.05) is 41.4 Å². The molecule has 2 aromatic carbocycles. The third kappa shape index (κ3) is 4.13. The van der Waals surface area contributed by atoms with Crippen molar-refractivity contribution >= 4 is 35.0 Å². The number of benzene rings is 2. The average Bonchev–Trinajstić information content (AvgIpc) is 2.97. The van der Waals surface area contributed by atoms with Crippen LogP contribution in [0.2, 0.25) is 0 Å². The number of aryl methyl sites for hydroxylation is 1. The monoisotopic (exact) mass is 409 g/mol. The maximum atomic E-state index is 12.5. The number of thioether (sulfide) groups is 1. The third-order valence-electron chi connectivity index (χ3n) is 5.63. The number of rotatable bonds is 6. The van der Waals surface area contributed by atoms with Crippen molar-refractivity contribution in [1.29, 1.82) is 0 Å². The van der Waals surface area contributed by atoms with E-state index in [-0.39, 0.29) is 17.9 Å². The highest BCUT2D eigenvalue weighted by atomic mass is 32.2. The molecule has 0 saturated carbocycles. The van der Waals surface area contributed by atoms with Crippen LogP contribution >= 0.6 is 11.8 Å². The van der Waals surface area contributed by atoms with Gasteiger partial charge >= 0.3 is 0 Å². The Morgan fingerprint density at radius 2 is 1.69 bits per heavy atom. The number of anilines is 2. The molecule has 1 fully saturated rings. The van der Waals surface area contributed by atoms with E-state index in [0.717, 1.165) is 18.8 Å². The number of imide groups is 1. The summed E-state index contributed by atoms with van der Waals surface area (Å²) in [6.45, 7) is 6.88. The molecule has 29 heavy (non-hydrogen) atoms. The Morgan fingerprint density at radius 1 is 1.03 bits per heavy atom. The van der Waals surface area contributed by atoms with Crippen LogP contribution in [0, 0.1) is 6.92 Å².